The molecule has 0 spiro atoms. The van der Waals surface area contributed by atoms with Crippen LogP contribution in [0, 0.1) is 12.7 Å². The van der Waals surface area contributed by atoms with Crippen LogP contribution in [0.15, 0.2) is 36.5 Å². The maximum absolute atomic E-state index is 13.8. The van der Waals surface area contributed by atoms with Crippen LogP contribution in [0.25, 0.3) is 16.9 Å². The highest BCUT2D eigenvalue weighted by molar-refractivity contribution is 7.18. The van der Waals surface area contributed by atoms with E-state index >= 15 is 0 Å². The molecule has 0 bridgehead atoms. The van der Waals surface area contributed by atoms with Crippen molar-refractivity contribution in [2.24, 2.45) is 5.73 Å². The SMILES string of the molecule is CCOC(=O)c1c(NC(=O)c2cnn3c(C(F)F)cc(-c4ccc(F)cc4)nc23)sc(C(N)=O)c1C. The van der Waals surface area contributed by atoms with E-state index in [2.05, 4.69) is 15.4 Å². The van der Waals surface area contributed by atoms with Gasteiger partial charge in [-0.15, -0.1) is 11.3 Å². The number of nitrogens with one attached hydrogen (secondary N) is 1. The summed E-state index contributed by atoms with van der Waals surface area (Å²) in [6.45, 7) is 3.13. The summed E-state index contributed by atoms with van der Waals surface area (Å²) < 4.78 is 46.8. The normalized spacial score (nSPS) is 11.2. The van der Waals surface area contributed by atoms with E-state index in [-0.39, 0.29) is 44.5 Å². The van der Waals surface area contributed by atoms with E-state index in [1.54, 1.807) is 6.92 Å². The molecule has 0 fully saturated rings. The van der Waals surface area contributed by atoms with Gasteiger partial charge in [0.2, 0.25) is 0 Å². The maximum atomic E-state index is 13.8. The summed E-state index contributed by atoms with van der Waals surface area (Å²) in [5.41, 5.74) is 5.09. The fraction of sp³-hybridized carbons (Fsp3) is 0.174. The number of primary amides is 1. The van der Waals surface area contributed by atoms with Gasteiger partial charge in [0.05, 0.1) is 28.9 Å². The Kier molecular flexibility index (Phi) is 6.75. The lowest BCUT2D eigenvalue weighted by Gasteiger charge is -2.09. The van der Waals surface area contributed by atoms with Gasteiger partial charge in [-0.25, -0.2) is 27.5 Å². The van der Waals surface area contributed by atoms with Gasteiger partial charge in [0.15, 0.2) is 5.65 Å². The number of esters is 1. The number of alkyl halides is 2. The number of anilines is 1. The number of aromatic nitrogens is 3. The molecular weight excluding hydrogens is 499 g/mol. The van der Waals surface area contributed by atoms with E-state index in [9.17, 15) is 27.6 Å². The number of benzene rings is 1. The number of thiophene rings is 1. The van der Waals surface area contributed by atoms with E-state index in [1.807, 2.05) is 0 Å². The van der Waals surface area contributed by atoms with Gasteiger partial charge in [-0.1, -0.05) is 0 Å². The number of rotatable bonds is 7. The second-order valence-electron chi connectivity index (χ2n) is 7.47. The summed E-state index contributed by atoms with van der Waals surface area (Å²) in [4.78, 5) is 41.8. The Bertz CT molecular complexity index is 1500. The maximum Gasteiger partial charge on any atom is 0.341 e. The van der Waals surface area contributed by atoms with Crippen molar-refractivity contribution in [2.45, 2.75) is 20.3 Å². The van der Waals surface area contributed by atoms with E-state index < -0.39 is 35.7 Å². The Morgan fingerprint density at radius 3 is 2.53 bits per heavy atom. The highest BCUT2D eigenvalue weighted by atomic mass is 32.1. The van der Waals surface area contributed by atoms with Crippen LogP contribution in [0.2, 0.25) is 0 Å². The number of nitrogens with two attached hydrogens (primary N) is 1. The fourth-order valence-corrected chi connectivity index (χ4v) is 4.57. The van der Waals surface area contributed by atoms with Crippen molar-refractivity contribution in [3.8, 4) is 11.3 Å². The van der Waals surface area contributed by atoms with E-state index in [0.717, 1.165) is 40.2 Å². The molecule has 1 aromatic carbocycles. The monoisotopic (exact) mass is 517 g/mol. The van der Waals surface area contributed by atoms with Crippen molar-refractivity contribution in [3.05, 3.63) is 69.6 Å². The van der Waals surface area contributed by atoms with E-state index in [1.165, 1.54) is 19.1 Å². The van der Waals surface area contributed by atoms with Gasteiger partial charge in [-0.05, 0) is 49.7 Å². The van der Waals surface area contributed by atoms with Crippen LogP contribution in [-0.4, -0.2) is 39.0 Å². The molecule has 0 aliphatic carbocycles. The smallest absolute Gasteiger partial charge is 0.341 e. The van der Waals surface area contributed by atoms with Gasteiger partial charge in [-0.3, -0.25) is 9.59 Å². The molecule has 0 saturated heterocycles. The van der Waals surface area contributed by atoms with Crippen molar-refractivity contribution < 1.29 is 32.3 Å². The van der Waals surface area contributed by atoms with Gasteiger partial charge in [0, 0.05) is 5.56 Å². The second kappa shape index (κ2) is 9.77. The minimum Gasteiger partial charge on any atom is -0.462 e. The molecule has 0 saturated carbocycles. The zero-order valence-corrected chi connectivity index (χ0v) is 19.7. The van der Waals surface area contributed by atoms with E-state index in [4.69, 9.17) is 10.5 Å². The lowest BCUT2D eigenvalue weighted by atomic mass is 10.1. The molecule has 3 N–H and O–H groups in total. The molecule has 0 aliphatic rings. The van der Waals surface area contributed by atoms with Gasteiger partial charge < -0.3 is 15.8 Å². The molecule has 4 aromatic rings. The van der Waals surface area contributed by atoms with Crippen LogP contribution < -0.4 is 11.1 Å². The molecule has 0 aliphatic heterocycles. The van der Waals surface area contributed by atoms with Crippen molar-refractivity contribution in [3.63, 3.8) is 0 Å². The fourth-order valence-electron chi connectivity index (χ4n) is 3.53. The average molecular weight is 517 g/mol. The Balaban J connectivity index is 1.80. The molecule has 0 atom stereocenters. The largest absolute Gasteiger partial charge is 0.462 e. The van der Waals surface area contributed by atoms with Crippen LogP contribution in [0.4, 0.5) is 18.2 Å². The van der Waals surface area contributed by atoms with Gasteiger partial charge in [0.25, 0.3) is 18.2 Å². The van der Waals surface area contributed by atoms with Crippen molar-refractivity contribution in [1.29, 1.82) is 0 Å². The van der Waals surface area contributed by atoms with E-state index in [0.29, 0.717) is 5.56 Å². The summed E-state index contributed by atoms with van der Waals surface area (Å²) in [6.07, 6.45) is -1.91. The first-order valence-electron chi connectivity index (χ1n) is 10.5. The summed E-state index contributed by atoms with van der Waals surface area (Å²) in [6, 6.07) is 6.13. The first-order chi connectivity index (χ1) is 17.1. The van der Waals surface area contributed by atoms with Crippen LogP contribution in [-0.2, 0) is 4.74 Å². The standard InChI is InChI=1S/C23H18F3N5O4S/c1-3-35-23(34)16-10(2)17(19(27)32)36-22(16)30-21(33)13-9-28-31-15(18(25)26)8-14(29-20(13)31)11-4-6-12(24)7-5-11/h4-9,18H,3H2,1-2H3,(H2,27,32)(H,30,33). The molecule has 186 valence electrons. The van der Waals surface area contributed by atoms with Crippen molar-refractivity contribution in [1.82, 2.24) is 14.6 Å². The predicted octanol–water partition coefficient (Wildman–Crippen LogP) is 4.37. The molecule has 2 amide bonds. The molecular formula is C23H18F3N5O4S. The Morgan fingerprint density at radius 1 is 1.22 bits per heavy atom. The second-order valence-corrected chi connectivity index (χ2v) is 8.49. The number of carbonyl (C=O) groups is 3. The van der Waals surface area contributed by atoms with Crippen LogP contribution in [0.1, 0.15) is 55.0 Å². The quantitative estimate of drug-likeness (QED) is 0.350. The predicted molar refractivity (Wildman–Crippen MR) is 125 cm³/mol. The third kappa shape index (κ3) is 4.52. The molecule has 0 radical (unpaired) electrons. The molecule has 4 rings (SSSR count). The molecule has 0 unspecified atom stereocenters. The Hall–Kier alpha value is -4.26. The summed E-state index contributed by atoms with van der Waals surface area (Å²) in [5.74, 6) is -2.91. The highest BCUT2D eigenvalue weighted by Crippen LogP contribution is 2.34. The molecule has 9 nitrogen and oxygen atoms in total. The lowest BCUT2D eigenvalue weighted by Crippen LogP contribution is -2.15. The minimum absolute atomic E-state index is 0.00660. The zero-order valence-electron chi connectivity index (χ0n) is 18.8. The number of nitrogens with zero attached hydrogens (tertiary/aromatic N) is 3. The number of hydrogen-bond acceptors (Lipinski definition) is 7. The molecule has 13 heteroatoms. The van der Waals surface area contributed by atoms with Crippen LogP contribution in [0.5, 0.6) is 0 Å². The number of hydrogen-bond donors (Lipinski definition) is 2. The lowest BCUT2D eigenvalue weighted by molar-refractivity contribution is 0.0527. The van der Waals surface area contributed by atoms with Gasteiger partial charge in [-0.2, -0.15) is 5.10 Å². The first-order valence-corrected chi connectivity index (χ1v) is 11.3. The third-order valence-corrected chi connectivity index (χ3v) is 6.41. The minimum atomic E-state index is -2.96. The van der Waals surface area contributed by atoms with Gasteiger partial charge in [0.1, 0.15) is 22.1 Å². The average Bonchev–Trinajstić information content (AvgIpc) is 3.40. The third-order valence-electron chi connectivity index (χ3n) is 5.18. The number of halogens is 3. The topological polar surface area (TPSA) is 129 Å². The zero-order chi connectivity index (χ0) is 26.1. The first kappa shape index (κ1) is 24.9. The Morgan fingerprint density at radius 2 is 1.92 bits per heavy atom. The van der Waals surface area contributed by atoms with Crippen molar-refractivity contribution >= 4 is 39.8 Å². The summed E-state index contributed by atoms with van der Waals surface area (Å²) in [7, 11) is 0. The van der Waals surface area contributed by atoms with Crippen LogP contribution >= 0.6 is 11.3 Å². The molecule has 36 heavy (non-hydrogen) atoms. The highest BCUT2D eigenvalue weighted by Gasteiger charge is 2.28. The molecule has 3 aromatic heterocycles. The summed E-state index contributed by atoms with van der Waals surface area (Å²) in [5, 5.41) is 6.39. The number of fused-ring (bicyclic) bond motifs is 1. The summed E-state index contributed by atoms with van der Waals surface area (Å²) >= 11 is 0.778. The van der Waals surface area contributed by atoms with Gasteiger partial charge >= 0.3 is 5.97 Å². The molecule has 3 heterocycles. The number of amides is 2. The number of ether oxygens (including phenoxy) is 1. The van der Waals surface area contributed by atoms with Crippen LogP contribution in [0.3, 0.4) is 0 Å². The van der Waals surface area contributed by atoms with Crippen molar-refractivity contribution in [2.75, 3.05) is 11.9 Å². The number of carbonyl (C=O) groups excluding carboxylic acids is 3. The Labute approximate surface area is 205 Å².